The van der Waals surface area contributed by atoms with E-state index in [4.69, 9.17) is 4.74 Å². The van der Waals surface area contributed by atoms with E-state index in [0.717, 1.165) is 41.2 Å². The maximum absolute atomic E-state index is 5.92. The van der Waals surface area contributed by atoms with Crippen LogP contribution in [0.1, 0.15) is 37.8 Å². The minimum Gasteiger partial charge on any atom is -0.431 e. The third kappa shape index (κ3) is 5.02. The summed E-state index contributed by atoms with van der Waals surface area (Å²) in [5.41, 5.74) is 3.23. The fourth-order valence-electron chi connectivity index (χ4n) is 2.86. The van der Waals surface area contributed by atoms with Crippen LogP contribution in [0.3, 0.4) is 0 Å². The van der Waals surface area contributed by atoms with E-state index >= 15 is 0 Å². The molecule has 26 heavy (non-hydrogen) atoms. The lowest BCUT2D eigenvalue weighted by Crippen LogP contribution is -2.26. The zero-order valence-corrected chi connectivity index (χ0v) is 16.7. The normalized spacial score (nSPS) is 11.4. The van der Waals surface area contributed by atoms with Crippen molar-refractivity contribution in [2.45, 2.75) is 40.0 Å². The van der Waals surface area contributed by atoms with E-state index in [1.54, 1.807) is 0 Å². The first-order chi connectivity index (χ1) is 12.7. The minimum absolute atomic E-state index is 0.641. The molecule has 0 saturated heterocycles. The van der Waals surface area contributed by atoms with Crippen molar-refractivity contribution in [3.05, 3.63) is 47.7 Å². The first-order valence-corrected chi connectivity index (χ1v) is 10.2. The number of aromatic nitrogens is 2. The third-order valence-electron chi connectivity index (χ3n) is 4.48. The topological polar surface area (TPSA) is 38.2 Å². The molecule has 3 aromatic rings. The van der Waals surface area contributed by atoms with Gasteiger partial charge in [0.15, 0.2) is 5.65 Å². The molecule has 0 fully saturated rings. The molecule has 1 aromatic carbocycles. The highest BCUT2D eigenvalue weighted by Gasteiger charge is 2.08. The van der Waals surface area contributed by atoms with Gasteiger partial charge in [0, 0.05) is 12.7 Å². The van der Waals surface area contributed by atoms with E-state index in [1.165, 1.54) is 36.3 Å². The highest BCUT2D eigenvalue weighted by molar-refractivity contribution is 7.20. The van der Waals surface area contributed by atoms with Gasteiger partial charge in [-0.1, -0.05) is 43.7 Å². The van der Waals surface area contributed by atoms with Gasteiger partial charge in [-0.05, 0) is 62.2 Å². The van der Waals surface area contributed by atoms with Crippen LogP contribution in [0, 0.1) is 6.92 Å². The van der Waals surface area contributed by atoms with Crippen molar-refractivity contribution in [2.75, 3.05) is 19.6 Å². The van der Waals surface area contributed by atoms with Gasteiger partial charge >= 0.3 is 0 Å². The standard InChI is InChI=1S/C21H27N3OS/c1-4-6-12-24(5-2)13-11-17-7-9-18(10-8-17)25-21-23-20-19(26-21)14-16(3)15-22-20/h7-10,14-15H,4-6,11-13H2,1-3H3. The van der Waals surface area contributed by atoms with Gasteiger partial charge in [0.25, 0.3) is 5.19 Å². The van der Waals surface area contributed by atoms with E-state index in [1.807, 2.05) is 25.3 Å². The second-order valence-electron chi connectivity index (χ2n) is 6.60. The van der Waals surface area contributed by atoms with E-state index in [2.05, 4.69) is 46.9 Å². The van der Waals surface area contributed by atoms with Crippen molar-refractivity contribution in [3.8, 4) is 10.9 Å². The van der Waals surface area contributed by atoms with Crippen molar-refractivity contribution >= 4 is 21.7 Å². The molecule has 0 aliphatic rings. The van der Waals surface area contributed by atoms with Crippen LogP contribution in [-0.4, -0.2) is 34.5 Å². The van der Waals surface area contributed by atoms with Crippen molar-refractivity contribution in [3.63, 3.8) is 0 Å². The molecule has 0 atom stereocenters. The van der Waals surface area contributed by atoms with Crippen LogP contribution in [0.4, 0.5) is 0 Å². The van der Waals surface area contributed by atoms with E-state index < -0.39 is 0 Å². The number of pyridine rings is 1. The van der Waals surface area contributed by atoms with Crippen LogP contribution < -0.4 is 4.74 Å². The molecule has 5 heteroatoms. The predicted octanol–water partition coefficient (Wildman–Crippen LogP) is 5.46. The quantitative estimate of drug-likeness (QED) is 0.502. The molecule has 0 radical (unpaired) electrons. The Labute approximate surface area is 159 Å². The average molecular weight is 370 g/mol. The lowest BCUT2D eigenvalue weighted by Gasteiger charge is -2.19. The van der Waals surface area contributed by atoms with Crippen LogP contribution >= 0.6 is 11.3 Å². The average Bonchev–Trinajstić information content (AvgIpc) is 3.04. The number of unbranched alkanes of at least 4 members (excludes halogenated alkanes) is 1. The molecule has 4 nitrogen and oxygen atoms in total. The summed E-state index contributed by atoms with van der Waals surface area (Å²) in [6, 6.07) is 10.5. The Bertz CT molecular complexity index is 829. The van der Waals surface area contributed by atoms with Gasteiger partial charge in [0.1, 0.15) is 5.75 Å². The molecule has 2 aromatic heterocycles. The maximum Gasteiger partial charge on any atom is 0.281 e. The Kier molecular flexibility index (Phi) is 6.58. The third-order valence-corrected chi connectivity index (χ3v) is 5.35. The molecule has 138 valence electrons. The van der Waals surface area contributed by atoms with Crippen molar-refractivity contribution in [1.82, 2.24) is 14.9 Å². The van der Waals surface area contributed by atoms with Gasteiger partial charge in [0.05, 0.1) is 4.70 Å². The number of likely N-dealkylation sites (N-methyl/N-ethyl adjacent to an activating group) is 1. The monoisotopic (exact) mass is 369 g/mol. The van der Waals surface area contributed by atoms with Gasteiger partial charge in [-0.3, -0.25) is 0 Å². The molecule has 0 spiro atoms. The zero-order chi connectivity index (χ0) is 18.4. The van der Waals surface area contributed by atoms with Crippen LogP contribution in [0.2, 0.25) is 0 Å². The SMILES string of the molecule is CCCCN(CC)CCc1ccc(Oc2nc3ncc(C)cc3s2)cc1. The molecule has 0 aliphatic heterocycles. The lowest BCUT2D eigenvalue weighted by atomic mass is 10.1. The summed E-state index contributed by atoms with van der Waals surface area (Å²) in [5.74, 6) is 0.822. The fourth-order valence-corrected chi connectivity index (χ4v) is 3.76. The number of fused-ring (bicyclic) bond motifs is 1. The van der Waals surface area contributed by atoms with Crippen molar-refractivity contribution in [2.24, 2.45) is 0 Å². The number of thiazole rings is 1. The molecule has 0 amide bonds. The van der Waals surface area contributed by atoms with E-state index in [-0.39, 0.29) is 0 Å². The second-order valence-corrected chi connectivity index (χ2v) is 7.59. The first-order valence-electron chi connectivity index (χ1n) is 9.40. The predicted molar refractivity (Wildman–Crippen MR) is 109 cm³/mol. The first kappa shape index (κ1) is 18.8. The highest BCUT2D eigenvalue weighted by Crippen LogP contribution is 2.30. The lowest BCUT2D eigenvalue weighted by molar-refractivity contribution is 0.287. The Balaban J connectivity index is 1.58. The van der Waals surface area contributed by atoms with E-state index in [0.29, 0.717) is 5.19 Å². The smallest absolute Gasteiger partial charge is 0.281 e. The number of ether oxygens (including phenoxy) is 1. The number of nitrogens with zero attached hydrogens (tertiary/aromatic N) is 3. The molecule has 2 heterocycles. The number of aryl methyl sites for hydroxylation is 1. The van der Waals surface area contributed by atoms with Gasteiger partial charge in [-0.15, -0.1) is 0 Å². The van der Waals surface area contributed by atoms with Crippen LogP contribution in [0.5, 0.6) is 10.9 Å². The Hall–Kier alpha value is -1.98. The van der Waals surface area contributed by atoms with Crippen molar-refractivity contribution in [1.29, 1.82) is 0 Å². The summed E-state index contributed by atoms with van der Waals surface area (Å²) in [4.78, 5) is 11.3. The molecule has 0 N–H and O–H groups in total. The van der Waals surface area contributed by atoms with Gasteiger partial charge in [-0.25, -0.2) is 4.98 Å². The molecular formula is C21H27N3OS. The second kappa shape index (κ2) is 9.10. The number of rotatable bonds is 9. The Morgan fingerprint density at radius 2 is 1.92 bits per heavy atom. The van der Waals surface area contributed by atoms with Crippen LogP contribution in [0.15, 0.2) is 36.5 Å². The summed E-state index contributed by atoms with van der Waals surface area (Å²) >= 11 is 1.53. The summed E-state index contributed by atoms with van der Waals surface area (Å²) in [6.45, 7) is 9.94. The number of benzene rings is 1. The van der Waals surface area contributed by atoms with Crippen LogP contribution in [-0.2, 0) is 6.42 Å². The molecule has 0 unspecified atom stereocenters. The summed E-state index contributed by atoms with van der Waals surface area (Å²) < 4.78 is 6.97. The molecule has 0 bridgehead atoms. The summed E-state index contributed by atoms with van der Waals surface area (Å²) in [5, 5.41) is 0.641. The molecular weight excluding hydrogens is 342 g/mol. The summed E-state index contributed by atoms with van der Waals surface area (Å²) in [7, 11) is 0. The number of hydrogen-bond acceptors (Lipinski definition) is 5. The van der Waals surface area contributed by atoms with Crippen LogP contribution in [0.25, 0.3) is 10.3 Å². The largest absolute Gasteiger partial charge is 0.431 e. The van der Waals surface area contributed by atoms with Crippen molar-refractivity contribution < 1.29 is 4.74 Å². The molecule has 0 saturated carbocycles. The minimum atomic E-state index is 0.641. The Morgan fingerprint density at radius 3 is 2.65 bits per heavy atom. The van der Waals surface area contributed by atoms with E-state index in [9.17, 15) is 0 Å². The zero-order valence-electron chi connectivity index (χ0n) is 15.9. The Morgan fingerprint density at radius 1 is 1.12 bits per heavy atom. The molecule has 3 rings (SSSR count). The molecule has 0 aliphatic carbocycles. The highest BCUT2D eigenvalue weighted by atomic mass is 32.1. The maximum atomic E-state index is 5.92. The summed E-state index contributed by atoms with van der Waals surface area (Å²) in [6.07, 6.45) is 5.43. The van der Waals surface area contributed by atoms with Gasteiger partial charge in [-0.2, -0.15) is 4.98 Å². The fraction of sp³-hybridized carbons (Fsp3) is 0.429. The van der Waals surface area contributed by atoms with Gasteiger partial charge < -0.3 is 9.64 Å². The number of hydrogen-bond donors (Lipinski definition) is 0. The van der Waals surface area contributed by atoms with Gasteiger partial charge in [0.2, 0.25) is 0 Å².